The highest BCUT2D eigenvalue weighted by atomic mass is 35.5. The zero-order valence-electron chi connectivity index (χ0n) is 12.8. The lowest BCUT2D eigenvalue weighted by Crippen LogP contribution is -2.57. The largest absolute Gasteiger partial charge is 0.445 e. The highest BCUT2D eigenvalue weighted by Gasteiger charge is 2.42. The molecule has 0 heterocycles. The van der Waals surface area contributed by atoms with Crippen molar-refractivity contribution < 1.29 is 14.3 Å². The van der Waals surface area contributed by atoms with E-state index in [0.29, 0.717) is 18.8 Å². The Kier molecular flexibility index (Phi) is 5.83. The molecule has 1 aromatic rings. The molecule has 2 atom stereocenters. The number of carbonyl (C=O) groups excluding carboxylic acids is 2. The van der Waals surface area contributed by atoms with Gasteiger partial charge in [0.25, 0.3) is 0 Å². The standard InChI is InChI=1S/C17H22ClNO3/c1-13-6-5-9-17(10-13,15(20)11-18)19-16(21)22-12-14-7-3-2-4-8-14/h2-4,7-8,13H,5-6,9-12H2,1H3,(H,19,21). The minimum absolute atomic E-state index is 0.0916. The van der Waals surface area contributed by atoms with Gasteiger partial charge >= 0.3 is 6.09 Å². The van der Waals surface area contributed by atoms with Crippen LogP contribution in [0.25, 0.3) is 0 Å². The van der Waals surface area contributed by atoms with Gasteiger partial charge in [-0.1, -0.05) is 50.1 Å². The number of halogens is 1. The number of ketones is 1. The third kappa shape index (κ3) is 4.23. The van der Waals surface area contributed by atoms with Crippen LogP contribution in [0.4, 0.5) is 4.79 Å². The molecule has 5 heteroatoms. The molecule has 1 N–H and O–H groups in total. The van der Waals surface area contributed by atoms with Gasteiger partial charge < -0.3 is 10.1 Å². The van der Waals surface area contributed by atoms with Crippen molar-refractivity contribution in [2.75, 3.05) is 5.88 Å². The number of ether oxygens (including phenoxy) is 1. The first-order chi connectivity index (χ1) is 10.6. The minimum atomic E-state index is -0.868. The number of carbonyl (C=O) groups is 2. The maximum Gasteiger partial charge on any atom is 0.408 e. The number of alkyl carbamates (subject to hydrolysis) is 1. The fourth-order valence-electron chi connectivity index (χ4n) is 3.07. The van der Waals surface area contributed by atoms with Gasteiger partial charge in [-0.25, -0.2) is 4.79 Å². The van der Waals surface area contributed by atoms with Crippen LogP contribution in [-0.4, -0.2) is 23.3 Å². The quantitative estimate of drug-likeness (QED) is 0.841. The van der Waals surface area contributed by atoms with E-state index in [-0.39, 0.29) is 18.3 Å². The number of alkyl halides is 1. The molecule has 1 amide bonds. The van der Waals surface area contributed by atoms with Crippen LogP contribution in [0.3, 0.4) is 0 Å². The predicted molar refractivity (Wildman–Crippen MR) is 85.9 cm³/mol. The molecule has 1 saturated carbocycles. The van der Waals surface area contributed by atoms with E-state index < -0.39 is 11.6 Å². The molecule has 2 rings (SSSR count). The normalized spacial score (nSPS) is 24.5. The molecule has 0 aromatic heterocycles. The van der Waals surface area contributed by atoms with E-state index in [4.69, 9.17) is 16.3 Å². The summed E-state index contributed by atoms with van der Waals surface area (Å²) in [4.78, 5) is 24.3. The Labute approximate surface area is 136 Å². The summed E-state index contributed by atoms with van der Waals surface area (Å²) in [5, 5.41) is 2.79. The Balaban J connectivity index is 1.98. The third-order valence-corrected chi connectivity index (χ3v) is 4.45. The summed E-state index contributed by atoms with van der Waals surface area (Å²) >= 11 is 5.74. The molecule has 0 saturated heterocycles. The fourth-order valence-corrected chi connectivity index (χ4v) is 3.33. The van der Waals surface area contributed by atoms with Crippen molar-refractivity contribution in [1.29, 1.82) is 0 Å². The van der Waals surface area contributed by atoms with Crippen molar-refractivity contribution in [1.82, 2.24) is 5.32 Å². The summed E-state index contributed by atoms with van der Waals surface area (Å²) in [5.41, 5.74) is 0.0417. The van der Waals surface area contributed by atoms with E-state index in [2.05, 4.69) is 12.2 Å². The summed E-state index contributed by atoms with van der Waals surface area (Å²) in [5.74, 6) is 0.166. The van der Waals surface area contributed by atoms with Crippen molar-refractivity contribution in [3.05, 3.63) is 35.9 Å². The van der Waals surface area contributed by atoms with Crippen molar-refractivity contribution in [3.63, 3.8) is 0 Å². The first-order valence-corrected chi connectivity index (χ1v) is 8.17. The smallest absolute Gasteiger partial charge is 0.408 e. The minimum Gasteiger partial charge on any atom is -0.445 e. The molecule has 4 nitrogen and oxygen atoms in total. The average molecular weight is 324 g/mol. The van der Waals surface area contributed by atoms with Crippen LogP contribution in [-0.2, 0) is 16.1 Å². The second-order valence-electron chi connectivity index (χ2n) is 6.03. The Hall–Kier alpha value is -1.55. The Morgan fingerprint density at radius 1 is 1.36 bits per heavy atom. The molecule has 22 heavy (non-hydrogen) atoms. The van der Waals surface area contributed by atoms with Crippen LogP contribution in [0.1, 0.15) is 38.2 Å². The lowest BCUT2D eigenvalue weighted by atomic mass is 9.74. The van der Waals surface area contributed by atoms with E-state index in [1.807, 2.05) is 30.3 Å². The first-order valence-electron chi connectivity index (χ1n) is 7.64. The second-order valence-corrected chi connectivity index (χ2v) is 6.29. The number of hydrogen-bond donors (Lipinski definition) is 1. The molecule has 0 bridgehead atoms. The monoisotopic (exact) mass is 323 g/mol. The van der Waals surface area contributed by atoms with Crippen LogP contribution >= 0.6 is 11.6 Å². The van der Waals surface area contributed by atoms with Gasteiger partial charge in [0.05, 0.1) is 5.88 Å². The maximum absolute atomic E-state index is 12.2. The third-order valence-electron chi connectivity index (χ3n) is 4.21. The number of rotatable bonds is 5. The van der Waals surface area contributed by atoms with Gasteiger partial charge in [0.2, 0.25) is 0 Å². The maximum atomic E-state index is 12.2. The van der Waals surface area contributed by atoms with Gasteiger partial charge in [0.15, 0.2) is 5.78 Å². The van der Waals surface area contributed by atoms with Crippen molar-refractivity contribution in [3.8, 4) is 0 Å². The molecule has 1 aliphatic rings. The Morgan fingerprint density at radius 2 is 2.09 bits per heavy atom. The van der Waals surface area contributed by atoms with Crippen LogP contribution < -0.4 is 5.32 Å². The van der Waals surface area contributed by atoms with E-state index >= 15 is 0 Å². The van der Waals surface area contributed by atoms with Gasteiger partial charge in [0, 0.05) is 0 Å². The Bertz CT molecular complexity index is 520. The topological polar surface area (TPSA) is 55.4 Å². The zero-order chi connectivity index (χ0) is 16.0. The van der Waals surface area contributed by atoms with E-state index in [1.165, 1.54) is 0 Å². The summed E-state index contributed by atoms with van der Waals surface area (Å²) in [7, 11) is 0. The van der Waals surface area contributed by atoms with Gasteiger partial charge in [-0.05, 0) is 24.3 Å². The molecule has 1 fully saturated rings. The highest BCUT2D eigenvalue weighted by molar-refractivity contribution is 6.29. The molecule has 1 aromatic carbocycles. The molecule has 0 spiro atoms. The average Bonchev–Trinajstić information content (AvgIpc) is 2.53. The molecule has 0 radical (unpaired) electrons. The lowest BCUT2D eigenvalue weighted by Gasteiger charge is -2.38. The Morgan fingerprint density at radius 3 is 2.73 bits per heavy atom. The van der Waals surface area contributed by atoms with Gasteiger partial charge in [0.1, 0.15) is 12.1 Å². The van der Waals surface area contributed by atoms with Crippen LogP contribution in [0.15, 0.2) is 30.3 Å². The fraction of sp³-hybridized carbons (Fsp3) is 0.529. The summed E-state index contributed by atoms with van der Waals surface area (Å²) < 4.78 is 5.24. The zero-order valence-corrected chi connectivity index (χ0v) is 13.6. The summed E-state index contributed by atoms with van der Waals surface area (Å²) in [6.07, 6.45) is 2.67. The SMILES string of the molecule is CC1CCCC(NC(=O)OCc2ccccc2)(C(=O)CCl)C1. The predicted octanol–water partition coefficient (Wildman–Crippen LogP) is 3.67. The van der Waals surface area contributed by atoms with Gasteiger partial charge in [-0.2, -0.15) is 0 Å². The number of nitrogens with one attached hydrogen (secondary N) is 1. The number of hydrogen-bond acceptors (Lipinski definition) is 3. The summed E-state index contributed by atoms with van der Waals surface area (Å²) in [6, 6.07) is 9.45. The van der Waals surface area contributed by atoms with E-state index in [1.54, 1.807) is 0 Å². The number of benzene rings is 1. The van der Waals surface area contributed by atoms with Crippen LogP contribution in [0, 0.1) is 5.92 Å². The van der Waals surface area contributed by atoms with E-state index in [9.17, 15) is 9.59 Å². The highest BCUT2D eigenvalue weighted by Crippen LogP contribution is 2.33. The van der Waals surface area contributed by atoms with Crippen molar-refractivity contribution in [2.24, 2.45) is 5.92 Å². The summed E-state index contributed by atoms with van der Waals surface area (Å²) in [6.45, 7) is 2.28. The van der Waals surface area contributed by atoms with Gasteiger partial charge in [-0.3, -0.25) is 4.79 Å². The van der Waals surface area contributed by atoms with Crippen molar-refractivity contribution >= 4 is 23.5 Å². The lowest BCUT2D eigenvalue weighted by molar-refractivity contribution is -0.124. The number of Topliss-reactive ketones (excluding diaryl/α,β-unsaturated/α-hetero) is 1. The molecule has 1 aliphatic carbocycles. The molecule has 120 valence electrons. The van der Waals surface area contributed by atoms with E-state index in [0.717, 1.165) is 18.4 Å². The van der Waals surface area contributed by atoms with Crippen LogP contribution in [0.5, 0.6) is 0 Å². The molecular formula is C17H22ClNO3. The van der Waals surface area contributed by atoms with Gasteiger partial charge in [-0.15, -0.1) is 11.6 Å². The molecule has 0 aliphatic heterocycles. The first kappa shape index (κ1) is 16.8. The number of amides is 1. The second kappa shape index (κ2) is 7.63. The van der Waals surface area contributed by atoms with Crippen LogP contribution in [0.2, 0.25) is 0 Å². The molecule has 2 unspecified atom stereocenters. The molecular weight excluding hydrogens is 302 g/mol. The van der Waals surface area contributed by atoms with Crippen molar-refractivity contribution in [2.45, 2.75) is 44.8 Å².